The summed E-state index contributed by atoms with van der Waals surface area (Å²) in [6.45, 7) is 0. The van der Waals surface area contributed by atoms with Gasteiger partial charge in [-0.1, -0.05) is 0 Å². The molecule has 0 bridgehead atoms. The molecule has 0 aliphatic rings. The van der Waals surface area contributed by atoms with Crippen LogP contribution < -0.4 is 0 Å². The van der Waals surface area contributed by atoms with E-state index in [0.717, 1.165) is 0 Å². The van der Waals surface area contributed by atoms with Crippen molar-refractivity contribution >= 4 is 28.6 Å². The third kappa shape index (κ3) is 2.56. The zero-order valence-corrected chi connectivity index (χ0v) is 8.60. The Balaban J connectivity index is 2.67. The third-order valence-corrected chi connectivity index (χ3v) is 1.90. The van der Waals surface area contributed by atoms with Gasteiger partial charge in [-0.25, -0.2) is 0 Å². The number of rotatable bonds is 2. The minimum absolute atomic E-state index is 1.20. The molecular formula is C9H9Sn. The monoisotopic (exact) mass is 237 g/mol. The molecule has 3 radical (unpaired) electrons. The average molecular weight is 236 g/mol. The maximum absolute atomic E-state index is 2.20. The van der Waals surface area contributed by atoms with Crippen LogP contribution in [0.25, 0.3) is 6.08 Å². The molecule has 0 unspecified atom stereocenters. The van der Waals surface area contributed by atoms with Crippen molar-refractivity contribution in [1.82, 2.24) is 0 Å². The summed E-state index contributed by atoms with van der Waals surface area (Å²) in [4.78, 5) is 0. The second kappa shape index (κ2) is 4.56. The molecule has 0 amide bonds. The Labute approximate surface area is 75.0 Å². The quantitative estimate of drug-likeness (QED) is 0.691. The molecule has 0 spiro atoms. The van der Waals surface area contributed by atoms with Gasteiger partial charge in [-0.2, -0.15) is 0 Å². The summed E-state index contributed by atoms with van der Waals surface area (Å²) in [7, 11) is 0. The van der Waals surface area contributed by atoms with E-state index in [4.69, 9.17) is 0 Å². The Morgan fingerprint density at radius 1 is 1.20 bits per heavy atom. The molecular weight excluding hydrogens is 227 g/mol. The van der Waals surface area contributed by atoms with Gasteiger partial charge in [0.1, 0.15) is 0 Å². The summed E-state index contributed by atoms with van der Waals surface area (Å²) in [5, 5.41) is 0. The van der Waals surface area contributed by atoms with E-state index in [1.165, 1.54) is 10.0 Å². The first-order valence-electron chi connectivity index (χ1n) is 3.29. The van der Waals surface area contributed by atoms with Crippen LogP contribution >= 0.6 is 0 Å². The van der Waals surface area contributed by atoms with E-state index < -0.39 is 0 Å². The normalized spacial score (nSPS) is 10.5. The van der Waals surface area contributed by atoms with Crippen LogP contribution in [0.4, 0.5) is 0 Å². The fourth-order valence-corrected chi connectivity index (χ4v) is 1.10. The van der Waals surface area contributed by atoms with Crippen molar-refractivity contribution in [3.8, 4) is 0 Å². The second-order valence-corrected chi connectivity index (χ2v) is 3.18. The molecule has 0 aliphatic heterocycles. The zero-order valence-electron chi connectivity index (χ0n) is 5.75. The van der Waals surface area contributed by atoms with E-state index in [0.29, 0.717) is 0 Å². The molecule has 1 aromatic carbocycles. The van der Waals surface area contributed by atoms with Crippen molar-refractivity contribution in [3.05, 3.63) is 42.0 Å². The molecule has 49 valence electrons. The Hall–Kier alpha value is -0.241. The molecule has 0 saturated heterocycles. The van der Waals surface area contributed by atoms with Gasteiger partial charge < -0.3 is 0 Å². The molecule has 0 fully saturated rings. The minimum atomic E-state index is 1.20. The van der Waals surface area contributed by atoms with Crippen LogP contribution in [-0.2, 0) is 0 Å². The van der Waals surface area contributed by atoms with E-state index in [9.17, 15) is 0 Å². The molecule has 0 heterocycles. The molecule has 10 heavy (non-hydrogen) atoms. The van der Waals surface area contributed by atoms with Crippen LogP contribution in [0.5, 0.6) is 0 Å². The summed E-state index contributed by atoms with van der Waals surface area (Å²) in [5.41, 5.74) is 1.30. The van der Waals surface area contributed by atoms with Crippen LogP contribution in [0.15, 0.2) is 36.4 Å². The van der Waals surface area contributed by atoms with Gasteiger partial charge in [-0.05, 0) is 0 Å². The predicted octanol–water partition coefficient (Wildman–Crippen LogP) is 2.29. The van der Waals surface area contributed by atoms with Crippen molar-refractivity contribution in [3.63, 3.8) is 0 Å². The van der Waals surface area contributed by atoms with Gasteiger partial charge in [-0.15, -0.1) is 0 Å². The van der Waals surface area contributed by atoms with Gasteiger partial charge in [0.15, 0.2) is 0 Å². The van der Waals surface area contributed by atoms with E-state index in [1.807, 2.05) is 6.07 Å². The Bertz CT molecular complexity index is 201. The molecule has 0 aromatic heterocycles. The molecule has 0 atom stereocenters. The van der Waals surface area contributed by atoms with Crippen molar-refractivity contribution < 1.29 is 0 Å². The van der Waals surface area contributed by atoms with Gasteiger partial charge in [0.2, 0.25) is 0 Å². The van der Waals surface area contributed by atoms with Crippen LogP contribution in [-0.4, -0.2) is 22.5 Å². The summed E-state index contributed by atoms with van der Waals surface area (Å²) in [6, 6.07) is 10.4. The summed E-state index contributed by atoms with van der Waals surface area (Å²) in [6.07, 6.45) is 4.36. The van der Waals surface area contributed by atoms with E-state index in [1.54, 1.807) is 22.5 Å². The molecule has 0 saturated carbocycles. The maximum atomic E-state index is 2.20. The second-order valence-electron chi connectivity index (χ2n) is 2.02. The SMILES string of the molecule is [Sn][CH2]C=Cc1ccccc1. The Kier molecular flexibility index (Phi) is 3.58. The molecule has 1 rings (SSSR count). The van der Waals surface area contributed by atoms with E-state index in [-0.39, 0.29) is 0 Å². The van der Waals surface area contributed by atoms with Crippen molar-refractivity contribution in [2.45, 2.75) is 4.44 Å². The Morgan fingerprint density at radius 3 is 2.50 bits per heavy atom. The first kappa shape index (κ1) is 7.86. The molecule has 0 aliphatic carbocycles. The molecule has 0 nitrogen and oxygen atoms in total. The van der Waals surface area contributed by atoms with Gasteiger partial charge in [-0.3, -0.25) is 0 Å². The van der Waals surface area contributed by atoms with E-state index in [2.05, 4.69) is 36.4 Å². The van der Waals surface area contributed by atoms with Crippen LogP contribution in [0.3, 0.4) is 0 Å². The first-order valence-corrected chi connectivity index (χ1v) is 5.31. The van der Waals surface area contributed by atoms with Crippen LogP contribution in [0, 0.1) is 0 Å². The molecule has 1 heteroatoms. The van der Waals surface area contributed by atoms with Gasteiger partial charge in [0.05, 0.1) is 0 Å². The first-order chi connectivity index (χ1) is 4.93. The predicted molar refractivity (Wildman–Crippen MR) is 46.0 cm³/mol. The number of hydrogen-bond donors (Lipinski definition) is 0. The summed E-state index contributed by atoms with van der Waals surface area (Å²) in [5.74, 6) is 0. The average Bonchev–Trinajstić information content (AvgIpc) is 2.03. The molecule has 0 N–H and O–H groups in total. The Morgan fingerprint density at radius 2 is 1.90 bits per heavy atom. The standard InChI is InChI=1S/C9H9.Sn/c1-2-6-9-7-4-3-5-8-9;/h2-8H,1H2;. The zero-order chi connectivity index (χ0) is 7.23. The molecule has 1 aromatic rings. The number of benzene rings is 1. The fraction of sp³-hybridized carbons (Fsp3) is 0.111. The van der Waals surface area contributed by atoms with Gasteiger partial charge in [0, 0.05) is 0 Å². The van der Waals surface area contributed by atoms with Crippen molar-refractivity contribution in [2.75, 3.05) is 0 Å². The number of allylic oxidation sites excluding steroid dienone is 1. The van der Waals surface area contributed by atoms with Crippen LogP contribution in [0.2, 0.25) is 4.44 Å². The third-order valence-electron chi connectivity index (χ3n) is 1.23. The van der Waals surface area contributed by atoms with Gasteiger partial charge in [0.25, 0.3) is 0 Å². The van der Waals surface area contributed by atoms with E-state index >= 15 is 0 Å². The number of hydrogen-bond acceptors (Lipinski definition) is 0. The van der Waals surface area contributed by atoms with Crippen LogP contribution in [0.1, 0.15) is 5.56 Å². The van der Waals surface area contributed by atoms with Crippen molar-refractivity contribution in [2.24, 2.45) is 0 Å². The fourth-order valence-electron chi connectivity index (χ4n) is 0.759. The summed E-state index contributed by atoms with van der Waals surface area (Å²) >= 11 is 1.57. The topological polar surface area (TPSA) is 0 Å². The van der Waals surface area contributed by atoms with Gasteiger partial charge >= 0.3 is 75.0 Å². The van der Waals surface area contributed by atoms with Crippen molar-refractivity contribution in [1.29, 1.82) is 0 Å². The summed E-state index contributed by atoms with van der Waals surface area (Å²) < 4.78 is 1.20.